The van der Waals surface area contributed by atoms with Crippen LogP contribution in [0.3, 0.4) is 0 Å². The quantitative estimate of drug-likeness (QED) is 0.320. The van der Waals surface area contributed by atoms with E-state index in [1.807, 2.05) is 0 Å². The SMILES string of the molecule is C=C(C)C(=O)Oc1ccc(N)cc1N. The molecule has 0 aliphatic rings. The Morgan fingerprint density at radius 3 is 2.57 bits per heavy atom. The molecule has 0 amide bonds. The van der Waals surface area contributed by atoms with Crippen molar-refractivity contribution in [3.63, 3.8) is 0 Å². The fraction of sp³-hybridized carbons (Fsp3) is 0.100. The summed E-state index contributed by atoms with van der Waals surface area (Å²) in [6.07, 6.45) is 0. The van der Waals surface area contributed by atoms with E-state index in [-0.39, 0.29) is 0 Å². The molecule has 1 rings (SSSR count). The number of nitrogens with two attached hydrogens (primary N) is 2. The molecule has 0 bridgehead atoms. The number of hydrogen-bond acceptors (Lipinski definition) is 4. The number of carbonyl (C=O) groups excluding carboxylic acids is 1. The van der Waals surface area contributed by atoms with Crippen LogP contribution in [0.4, 0.5) is 11.4 Å². The second-order valence-electron chi connectivity index (χ2n) is 2.97. The minimum absolute atomic E-state index is 0.298. The summed E-state index contributed by atoms with van der Waals surface area (Å²) in [5.74, 6) is -0.200. The first-order valence-electron chi connectivity index (χ1n) is 4.03. The molecule has 74 valence electrons. The topological polar surface area (TPSA) is 78.3 Å². The van der Waals surface area contributed by atoms with Crippen LogP contribution in [0.5, 0.6) is 5.75 Å². The Balaban J connectivity index is 2.87. The smallest absolute Gasteiger partial charge is 0.338 e. The van der Waals surface area contributed by atoms with Gasteiger partial charge in [-0.25, -0.2) is 4.79 Å². The summed E-state index contributed by atoms with van der Waals surface area (Å²) in [7, 11) is 0. The van der Waals surface area contributed by atoms with Crippen LogP contribution in [0.15, 0.2) is 30.4 Å². The molecular weight excluding hydrogens is 180 g/mol. The molecule has 0 unspecified atom stereocenters. The fourth-order valence-electron chi connectivity index (χ4n) is 0.847. The molecule has 4 N–H and O–H groups in total. The van der Waals surface area contributed by atoms with Crippen molar-refractivity contribution < 1.29 is 9.53 Å². The molecule has 4 nitrogen and oxygen atoms in total. The van der Waals surface area contributed by atoms with Crippen molar-refractivity contribution in [1.29, 1.82) is 0 Å². The van der Waals surface area contributed by atoms with E-state index in [4.69, 9.17) is 16.2 Å². The number of hydrogen-bond donors (Lipinski definition) is 2. The Bertz CT molecular complexity index is 386. The van der Waals surface area contributed by atoms with Crippen LogP contribution in [0.2, 0.25) is 0 Å². The van der Waals surface area contributed by atoms with E-state index in [0.29, 0.717) is 22.7 Å². The van der Waals surface area contributed by atoms with Gasteiger partial charge in [0, 0.05) is 11.3 Å². The lowest BCUT2D eigenvalue weighted by atomic mass is 10.2. The van der Waals surface area contributed by atoms with Gasteiger partial charge in [0.15, 0.2) is 5.75 Å². The predicted octanol–water partition coefficient (Wildman–Crippen LogP) is 1.33. The first kappa shape index (κ1) is 10.1. The molecule has 1 aromatic carbocycles. The minimum atomic E-state index is -0.499. The lowest BCUT2D eigenvalue weighted by molar-refractivity contribution is -0.130. The zero-order valence-corrected chi connectivity index (χ0v) is 7.91. The highest BCUT2D eigenvalue weighted by molar-refractivity contribution is 5.89. The van der Waals surface area contributed by atoms with E-state index in [1.165, 1.54) is 6.07 Å². The molecule has 14 heavy (non-hydrogen) atoms. The third kappa shape index (κ3) is 2.26. The van der Waals surface area contributed by atoms with Gasteiger partial charge in [0.05, 0.1) is 5.69 Å². The second-order valence-corrected chi connectivity index (χ2v) is 2.97. The summed E-state index contributed by atoms with van der Waals surface area (Å²) < 4.78 is 4.94. The van der Waals surface area contributed by atoms with Crippen molar-refractivity contribution in [1.82, 2.24) is 0 Å². The molecule has 0 radical (unpaired) electrons. The summed E-state index contributed by atoms with van der Waals surface area (Å²) in [6.45, 7) is 5.02. The molecule has 0 aliphatic carbocycles. The van der Waals surface area contributed by atoms with Gasteiger partial charge >= 0.3 is 5.97 Å². The van der Waals surface area contributed by atoms with Gasteiger partial charge < -0.3 is 16.2 Å². The van der Waals surface area contributed by atoms with Gasteiger partial charge in [-0.3, -0.25) is 0 Å². The second kappa shape index (κ2) is 3.83. The van der Waals surface area contributed by atoms with Crippen LogP contribution in [0.1, 0.15) is 6.92 Å². The van der Waals surface area contributed by atoms with E-state index in [2.05, 4.69) is 6.58 Å². The number of esters is 1. The normalized spacial score (nSPS) is 9.50. The first-order valence-corrected chi connectivity index (χ1v) is 4.03. The third-order valence-corrected chi connectivity index (χ3v) is 1.58. The number of carbonyl (C=O) groups is 1. The largest absolute Gasteiger partial charge is 0.421 e. The van der Waals surface area contributed by atoms with Crippen LogP contribution in [-0.2, 0) is 4.79 Å². The molecule has 0 atom stereocenters. The van der Waals surface area contributed by atoms with Crippen LogP contribution >= 0.6 is 0 Å². The third-order valence-electron chi connectivity index (χ3n) is 1.58. The van der Waals surface area contributed by atoms with Crippen molar-refractivity contribution in [3.05, 3.63) is 30.4 Å². The average Bonchev–Trinajstić information content (AvgIpc) is 2.09. The van der Waals surface area contributed by atoms with Crippen molar-refractivity contribution in [2.24, 2.45) is 0 Å². The van der Waals surface area contributed by atoms with Crippen LogP contribution in [-0.4, -0.2) is 5.97 Å². The highest BCUT2D eigenvalue weighted by Crippen LogP contribution is 2.24. The molecule has 0 spiro atoms. The number of rotatable bonds is 2. The van der Waals surface area contributed by atoms with Gasteiger partial charge in [0.1, 0.15) is 0 Å². The fourth-order valence-corrected chi connectivity index (χ4v) is 0.847. The Kier molecular flexibility index (Phi) is 2.76. The summed E-state index contributed by atoms with van der Waals surface area (Å²) >= 11 is 0. The standard InChI is InChI=1S/C10H12N2O2/c1-6(2)10(13)14-9-4-3-7(11)5-8(9)12/h3-5H,1,11-12H2,2H3. The molecule has 1 aromatic rings. The van der Waals surface area contributed by atoms with Crippen molar-refractivity contribution in [3.8, 4) is 5.75 Å². The van der Waals surface area contributed by atoms with Gasteiger partial charge in [0.25, 0.3) is 0 Å². The molecule has 0 fully saturated rings. The first-order chi connectivity index (χ1) is 6.50. The monoisotopic (exact) mass is 192 g/mol. The van der Waals surface area contributed by atoms with Gasteiger partial charge in [-0.15, -0.1) is 0 Å². The van der Waals surface area contributed by atoms with Crippen molar-refractivity contribution in [2.45, 2.75) is 6.92 Å². The lowest BCUT2D eigenvalue weighted by Crippen LogP contribution is -2.09. The summed E-state index contributed by atoms with van der Waals surface area (Å²) in [6, 6.07) is 4.68. The number of nitrogen functional groups attached to an aromatic ring is 2. The summed E-state index contributed by atoms with van der Waals surface area (Å²) in [5.41, 5.74) is 12.2. The Labute approximate surface area is 82.2 Å². The summed E-state index contributed by atoms with van der Waals surface area (Å²) in [4.78, 5) is 11.1. The molecule has 4 heteroatoms. The van der Waals surface area contributed by atoms with Gasteiger partial charge in [-0.05, 0) is 25.1 Å². The zero-order valence-electron chi connectivity index (χ0n) is 7.91. The van der Waals surface area contributed by atoms with Crippen LogP contribution in [0.25, 0.3) is 0 Å². The van der Waals surface area contributed by atoms with E-state index >= 15 is 0 Å². The Morgan fingerprint density at radius 1 is 1.43 bits per heavy atom. The highest BCUT2D eigenvalue weighted by Gasteiger charge is 2.07. The van der Waals surface area contributed by atoms with Crippen LogP contribution in [0, 0.1) is 0 Å². The van der Waals surface area contributed by atoms with Crippen molar-refractivity contribution in [2.75, 3.05) is 11.5 Å². The number of ether oxygens (including phenoxy) is 1. The Hall–Kier alpha value is -1.97. The van der Waals surface area contributed by atoms with E-state index in [9.17, 15) is 4.79 Å². The maximum Gasteiger partial charge on any atom is 0.338 e. The van der Waals surface area contributed by atoms with E-state index in [1.54, 1.807) is 19.1 Å². The van der Waals surface area contributed by atoms with Gasteiger partial charge in [-0.1, -0.05) is 6.58 Å². The maximum atomic E-state index is 11.1. The molecule has 0 saturated carbocycles. The predicted molar refractivity (Wildman–Crippen MR) is 55.7 cm³/mol. The average molecular weight is 192 g/mol. The van der Waals surface area contributed by atoms with E-state index in [0.717, 1.165) is 0 Å². The molecular formula is C10H12N2O2. The Morgan fingerprint density at radius 2 is 2.07 bits per heavy atom. The number of benzene rings is 1. The van der Waals surface area contributed by atoms with Gasteiger partial charge in [-0.2, -0.15) is 0 Å². The summed E-state index contributed by atoms with van der Waals surface area (Å²) in [5, 5.41) is 0. The van der Waals surface area contributed by atoms with Crippen LogP contribution < -0.4 is 16.2 Å². The molecule has 0 aliphatic heterocycles. The number of anilines is 2. The lowest BCUT2D eigenvalue weighted by Gasteiger charge is -2.06. The maximum absolute atomic E-state index is 11.1. The van der Waals surface area contributed by atoms with E-state index < -0.39 is 5.97 Å². The molecule has 0 heterocycles. The molecule has 0 aromatic heterocycles. The highest BCUT2D eigenvalue weighted by atomic mass is 16.5. The van der Waals surface area contributed by atoms with Gasteiger partial charge in [0.2, 0.25) is 0 Å². The zero-order chi connectivity index (χ0) is 10.7. The minimum Gasteiger partial charge on any atom is -0.421 e. The molecule has 0 saturated heterocycles. The van der Waals surface area contributed by atoms with Crippen molar-refractivity contribution >= 4 is 17.3 Å².